The zero-order valence-corrected chi connectivity index (χ0v) is 16.5. The maximum absolute atomic E-state index is 12.9. The van der Waals surface area contributed by atoms with Crippen LogP contribution in [-0.4, -0.2) is 20.8 Å². The lowest BCUT2D eigenvalue weighted by molar-refractivity contribution is 0.584. The van der Waals surface area contributed by atoms with Crippen LogP contribution < -0.4 is 5.49 Å². The summed E-state index contributed by atoms with van der Waals surface area (Å²) in [5.41, 5.74) is 0.676. The molecule has 3 aromatic rings. The van der Waals surface area contributed by atoms with Crippen LogP contribution in [0.25, 0.3) is 0 Å². The number of aryl methyl sites for hydroxylation is 1. The van der Waals surface area contributed by atoms with Crippen LogP contribution in [0.4, 0.5) is 0 Å². The Labute approximate surface area is 162 Å². The first-order valence-electron chi connectivity index (χ1n) is 7.77. The normalized spacial score (nSPS) is 12.9. The summed E-state index contributed by atoms with van der Waals surface area (Å²) >= 11 is 5.78. The van der Waals surface area contributed by atoms with Crippen molar-refractivity contribution in [1.29, 1.82) is 0 Å². The van der Waals surface area contributed by atoms with E-state index in [0.717, 1.165) is 9.54 Å². The second kappa shape index (κ2) is 7.30. The number of nitrogens with zero attached hydrogens (tertiary/aromatic N) is 2. The van der Waals surface area contributed by atoms with E-state index in [9.17, 15) is 16.8 Å². The van der Waals surface area contributed by atoms with Gasteiger partial charge in [-0.05, 0) is 55.5 Å². The molecule has 27 heavy (non-hydrogen) atoms. The number of hydrogen-bond donors (Lipinski definition) is 0. The Bertz CT molecular complexity index is 1250. The predicted molar refractivity (Wildman–Crippen MR) is 102 cm³/mol. The van der Waals surface area contributed by atoms with E-state index in [0.29, 0.717) is 5.02 Å². The van der Waals surface area contributed by atoms with Crippen LogP contribution in [0.1, 0.15) is 5.56 Å². The molecule has 0 aliphatic heterocycles. The summed E-state index contributed by atoms with van der Waals surface area (Å²) in [6.45, 7) is 1.84. The summed E-state index contributed by atoms with van der Waals surface area (Å²) in [5, 5.41) is 0.380. The summed E-state index contributed by atoms with van der Waals surface area (Å²) in [6.07, 6.45) is 1.26. The lowest BCUT2D eigenvalue weighted by atomic mass is 10.2. The van der Waals surface area contributed by atoms with E-state index in [1.165, 1.54) is 60.8 Å². The van der Waals surface area contributed by atoms with Crippen molar-refractivity contribution in [2.75, 3.05) is 0 Å². The minimum atomic E-state index is -4.12. The van der Waals surface area contributed by atoms with Crippen molar-refractivity contribution >= 4 is 31.6 Å². The van der Waals surface area contributed by atoms with Gasteiger partial charge in [0.1, 0.15) is 0 Å². The Balaban J connectivity index is 2.18. The molecule has 1 heterocycles. The molecule has 0 spiro atoms. The highest BCUT2D eigenvalue weighted by molar-refractivity contribution is 7.90. The molecule has 0 fully saturated rings. The number of aromatic nitrogens is 1. The van der Waals surface area contributed by atoms with Gasteiger partial charge in [0.2, 0.25) is 0 Å². The summed E-state index contributed by atoms with van der Waals surface area (Å²) in [4.78, 5) is -0.0559. The molecule has 0 atom stereocenters. The zero-order valence-electron chi connectivity index (χ0n) is 14.2. The van der Waals surface area contributed by atoms with Crippen LogP contribution in [-0.2, 0) is 20.0 Å². The molecule has 2 aromatic carbocycles. The molecule has 1 aromatic heterocycles. The molecule has 9 heteroatoms. The highest BCUT2D eigenvalue weighted by Crippen LogP contribution is 2.16. The third-order valence-corrected chi connectivity index (χ3v) is 6.95. The van der Waals surface area contributed by atoms with Gasteiger partial charge in [0.25, 0.3) is 20.0 Å². The van der Waals surface area contributed by atoms with E-state index in [1.807, 2.05) is 6.92 Å². The van der Waals surface area contributed by atoms with Crippen LogP contribution in [0.2, 0.25) is 5.02 Å². The van der Waals surface area contributed by atoms with Crippen LogP contribution in [0.3, 0.4) is 0 Å². The van der Waals surface area contributed by atoms with E-state index in [1.54, 1.807) is 12.1 Å². The molecule has 0 unspecified atom stereocenters. The first kappa shape index (κ1) is 19.3. The Kier molecular flexibility index (Phi) is 5.23. The van der Waals surface area contributed by atoms with Gasteiger partial charge in [-0.15, -0.1) is 4.40 Å². The third-order valence-electron chi connectivity index (χ3n) is 3.71. The van der Waals surface area contributed by atoms with Crippen LogP contribution in [0.15, 0.2) is 87.1 Å². The topological polar surface area (TPSA) is 85.6 Å². The minimum Gasteiger partial charge on any atom is -0.224 e. The number of pyridine rings is 1. The smallest absolute Gasteiger partial charge is 0.224 e. The van der Waals surface area contributed by atoms with E-state index in [4.69, 9.17) is 11.6 Å². The molecule has 0 aliphatic carbocycles. The lowest BCUT2D eigenvalue weighted by Crippen LogP contribution is -2.28. The molecule has 0 aliphatic rings. The molecule has 0 bridgehead atoms. The fraction of sp³-hybridized carbons (Fsp3) is 0.0556. The number of benzene rings is 2. The molecular formula is C18H15ClN2O4S2. The Morgan fingerprint density at radius 1 is 0.815 bits per heavy atom. The maximum atomic E-state index is 12.9. The Morgan fingerprint density at radius 2 is 1.41 bits per heavy atom. The fourth-order valence-electron chi connectivity index (χ4n) is 2.30. The van der Waals surface area contributed by atoms with Crippen LogP contribution >= 0.6 is 11.6 Å². The minimum absolute atomic E-state index is 0.0321. The maximum Gasteiger partial charge on any atom is 0.284 e. The molecule has 0 radical (unpaired) electrons. The Hall–Kier alpha value is -2.42. The molecule has 0 saturated carbocycles. The summed E-state index contributed by atoms with van der Waals surface area (Å²) < 4.78 is 55.5. The molecule has 0 N–H and O–H groups in total. The SMILES string of the molecule is Cc1ccc(S(=O)(=O)n2cccc/c2=N\S(=O)(=O)c2ccc(Cl)cc2)cc1. The average molecular weight is 423 g/mol. The van der Waals surface area contributed by atoms with Crippen molar-refractivity contribution in [3.63, 3.8) is 0 Å². The van der Waals surface area contributed by atoms with Crippen LogP contribution in [0, 0.1) is 6.92 Å². The number of rotatable bonds is 4. The quantitative estimate of drug-likeness (QED) is 0.646. The first-order chi connectivity index (χ1) is 12.7. The monoisotopic (exact) mass is 422 g/mol. The standard InChI is InChI=1S/C18H15ClN2O4S2/c1-14-5-9-17(10-6-14)27(24,25)21-13-3-2-4-18(21)20-26(22,23)16-11-7-15(19)8-12-16/h2-13H,1H3/b20-18+. The lowest BCUT2D eigenvalue weighted by Gasteiger charge is -2.09. The summed E-state index contributed by atoms with van der Waals surface area (Å²) in [7, 11) is -8.13. The highest BCUT2D eigenvalue weighted by atomic mass is 35.5. The van der Waals surface area contributed by atoms with E-state index in [2.05, 4.69) is 4.40 Å². The van der Waals surface area contributed by atoms with Gasteiger partial charge in [-0.1, -0.05) is 35.4 Å². The van der Waals surface area contributed by atoms with E-state index < -0.39 is 20.0 Å². The molecule has 0 amide bonds. The van der Waals surface area contributed by atoms with Gasteiger partial charge >= 0.3 is 0 Å². The molecule has 0 saturated heterocycles. The summed E-state index contributed by atoms with van der Waals surface area (Å²) in [5.74, 6) is 0. The molecule has 140 valence electrons. The van der Waals surface area contributed by atoms with Crippen molar-refractivity contribution in [2.24, 2.45) is 4.40 Å². The molecule has 3 rings (SSSR count). The van der Waals surface area contributed by atoms with Gasteiger partial charge in [-0.2, -0.15) is 8.42 Å². The molecular weight excluding hydrogens is 408 g/mol. The fourth-order valence-corrected chi connectivity index (χ4v) is 4.74. The van der Waals surface area contributed by atoms with Crippen molar-refractivity contribution in [3.8, 4) is 0 Å². The Morgan fingerprint density at radius 3 is 2.04 bits per heavy atom. The summed E-state index contributed by atoms with van der Waals surface area (Å²) in [6, 6.07) is 16.0. The number of hydrogen-bond acceptors (Lipinski definition) is 4. The second-order valence-electron chi connectivity index (χ2n) is 5.69. The van der Waals surface area contributed by atoms with Crippen molar-refractivity contribution < 1.29 is 16.8 Å². The van der Waals surface area contributed by atoms with Gasteiger partial charge in [-0.25, -0.2) is 12.4 Å². The van der Waals surface area contributed by atoms with Gasteiger partial charge < -0.3 is 0 Å². The van der Waals surface area contributed by atoms with Crippen LogP contribution in [0.5, 0.6) is 0 Å². The van der Waals surface area contributed by atoms with Crippen molar-refractivity contribution in [1.82, 2.24) is 3.97 Å². The van der Waals surface area contributed by atoms with Gasteiger partial charge in [0.15, 0.2) is 5.49 Å². The van der Waals surface area contributed by atoms with Gasteiger partial charge in [0.05, 0.1) is 9.79 Å². The van der Waals surface area contributed by atoms with Gasteiger partial charge in [-0.3, -0.25) is 0 Å². The molecule has 6 nitrogen and oxygen atoms in total. The van der Waals surface area contributed by atoms with Crippen molar-refractivity contribution in [2.45, 2.75) is 16.7 Å². The highest BCUT2D eigenvalue weighted by Gasteiger charge is 2.19. The number of sulfonamides is 1. The average Bonchev–Trinajstić information content (AvgIpc) is 2.62. The van der Waals surface area contributed by atoms with E-state index in [-0.39, 0.29) is 15.3 Å². The van der Waals surface area contributed by atoms with Gasteiger partial charge in [0, 0.05) is 11.2 Å². The number of halogens is 1. The predicted octanol–water partition coefficient (Wildman–Crippen LogP) is 2.98. The largest absolute Gasteiger partial charge is 0.284 e. The second-order valence-corrected chi connectivity index (χ2v) is 9.55. The van der Waals surface area contributed by atoms with Crippen molar-refractivity contribution in [3.05, 3.63) is 89.0 Å². The first-order valence-corrected chi connectivity index (χ1v) is 11.0. The van der Waals surface area contributed by atoms with E-state index >= 15 is 0 Å². The zero-order chi connectivity index (χ0) is 19.7. The third kappa shape index (κ3) is 4.13.